The Hall–Kier alpha value is -1.59. The van der Waals surface area contributed by atoms with Gasteiger partial charge in [-0.15, -0.1) is 0 Å². The van der Waals surface area contributed by atoms with E-state index in [1.54, 1.807) is 0 Å². The average Bonchev–Trinajstić information content (AvgIpc) is 2.10. The highest BCUT2D eigenvalue weighted by molar-refractivity contribution is 6.16. The molecule has 86 valence electrons. The van der Waals surface area contributed by atoms with Crippen molar-refractivity contribution in [1.82, 2.24) is 0 Å². The molecule has 0 rings (SSSR count). The molecule has 6 nitrogen and oxygen atoms in total. The summed E-state index contributed by atoms with van der Waals surface area (Å²) in [6.45, 7) is 1.85. The van der Waals surface area contributed by atoms with Crippen LogP contribution in [0, 0.1) is 5.41 Å². The molecule has 0 saturated heterocycles. The topological polar surface area (TPSA) is 112 Å². The van der Waals surface area contributed by atoms with Gasteiger partial charge >= 0.3 is 17.9 Å². The van der Waals surface area contributed by atoms with Crippen molar-refractivity contribution in [3.05, 3.63) is 0 Å². The summed E-state index contributed by atoms with van der Waals surface area (Å²) < 4.78 is 0. The van der Waals surface area contributed by atoms with Crippen LogP contribution in [0.3, 0.4) is 0 Å². The van der Waals surface area contributed by atoms with Gasteiger partial charge in [-0.05, 0) is 6.42 Å². The maximum Gasteiger partial charge on any atom is 0.332 e. The molecular formula is C9H14O6. The summed E-state index contributed by atoms with van der Waals surface area (Å²) in [7, 11) is 0. The fourth-order valence-corrected chi connectivity index (χ4v) is 1.24. The van der Waals surface area contributed by atoms with Crippen LogP contribution in [0.4, 0.5) is 0 Å². The first-order valence-electron chi connectivity index (χ1n) is 4.59. The highest BCUT2D eigenvalue weighted by atomic mass is 16.4. The van der Waals surface area contributed by atoms with Gasteiger partial charge in [-0.3, -0.25) is 14.4 Å². The minimum atomic E-state index is -2.70. The lowest BCUT2D eigenvalue weighted by molar-refractivity contribution is -0.176. The van der Waals surface area contributed by atoms with Crippen LogP contribution in [0.1, 0.15) is 32.6 Å². The lowest BCUT2D eigenvalue weighted by Crippen LogP contribution is -2.46. The molecule has 0 spiro atoms. The van der Waals surface area contributed by atoms with E-state index in [0.29, 0.717) is 6.42 Å². The van der Waals surface area contributed by atoms with Crippen LogP contribution in [0.15, 0.2) is 0 Å². The molecule has 15 heavy (non-hydrogen) atoms. The van der Waals surface area contributed by atoms with Gasteiger partial charge in [0.15, 0.2) is 0 Å². The minimum absolute atomic E-state index is 0.265. The summed E-state index contributed by atoms with van der Waals surface area (Å²) in [6, 6.07) is 0. The molecule has 0 amide bonds. The van der Waals surface area contributed by atoms with E-state index in [0.717, 1.165) is 6.42 Å². The van der Waals surface area contributed by atoms with Crippen molar-refractivity contribution in [3.8, 4) is 0 Å². The highest BCUT2D eigenvalue weighted by Gasteiger charge is 2.53. The molecule has 0 aromatic carbocycles. The molecule has 0 heterocycles. The van der Waals surface area contributed by atoms with Crippen LogP contribution in [-0.2, 0) is 14.4 Å². The summed E-state index contributed by atoms with van der Waals surface area (Å²) in [6.07, 6.45) is 1.24. The third-order valence-electron chi connectivity index (χ3n) is 2.25. The van der Waals surface area contributed by atoms with Crippen LogP contribution in [-0.4, -0.2) is 33.2 Å². The lowest BCUT2D eigenvalue weighted by atomic mass is 9.82. The quantitative estimate of drug-likeness (QED) is 0.430. The van der Waals surface area contributed by atoms with Crippen molar-refractivity contribution in [3.63, 3.8) is 0 Å². The molecule has 0 aliphatic heterocycles. The van der Waals surface area contributed by atoms with E-state index >= 15 is 0 Å². The number of hydrogen-bond donors (Lipinski definition) is 3. The molecule has 0 saturated carbocycles. The molecule has 0 aliphatic rings. The number of aliphatic carboxylic acids is 3. The molecule has 6 heteroatoms. The molecule has 3 N–H and O–H groups in total. The van der Waals surface area contributed by atoms with Crippen LogP contribution >= 0.6 is 0 Å². The van der Waals surface area contributed by atoms with Gasteiger partial charge < -0.3 is 15.3 Å². The van der Waals surface area contributed by atoms with E-state index in [1.807, 2.05) is 6.92 Å². The van der Waals surface area contributed by atoms with Crippen LogP contribution in [0.5, 0.6) is 0 Å². The van der Waals surface area contributed by atoms with Gasteiger partial charge in [0.2, 0.25) is 0 Å². The molecule has 0 fully saturated rings. The van der Waals surface area contributed by atoms with Gasteiger partial charge in [0.05, 0.1) is 0 Å². The maximum absolute atomic E-state index is 10.7. The Kier molecular flexibility index (Phi) is 4.77. The van der Waals surface area contributed by atoms with Crippen molar-refractivity contribution >= 4 is 17.9 Å². The second-order valence-electron chi connectivity index (χ2n) is 3.28. The summed E-state index contributed by atoms with van der Waals surface area (Å²) in [5.41, 5.74) is -2.70. The van der Waals surface area contributed by atoms with Crippen molar-refractivity contribution in [1.29, 1.82) is 0 Å². The average molecular weight is 218 g/mol. The van der Waals surface area contributed by atoms with Gasteiger partial charge in [-0.2, -0.15) is 0 Å². The molecule has 0 atom stereocenters. The van der Waals surface area contributed by atoms with E-state index in [9.17, 15) is 14.4 Å². The van der Waals surface area contributed by atoms with Crippen LogP contribution in [0.25, 0.3) is 0 Å². The van der Waals surface area contributed by atoms with Crippen LogP contribution in [0.2, 0.25) is 0 Å². The number of carboxylic acids is 3. The second-order valence-corrected chi connectivity index (χ2v) is 3.28. The van der Waals surface area contributed by atoms with Gasteiger partial charge in [0, 0.05) is 0 Å². The molecular weight excluding hydrogens is 204 g/mol. The molecule has 0 radical (unpaired) electrons. The first-order chi connectivity index (χ1) is 6.89. The van der Waals surface area contributed by atoms with E-state index in [2.05, 4.69) is 0 Å². The van der Waals surface area contributed by atoms with Crippen LogP contribution < -0.4 is 0 Å². The van der Waals surface area contributed by atoms with Crippen molar-refractivity contribution < 1.29 is 29.7 Å². The van der Waals surface area contributed by atoms with E-state index in [1.165, 1.54) is 0 Å². The zero-order chi connectivity index (χ0) is 12.1. The minimum Gasteiger partial charge on any atom is -0.480 e. The Morgan fingerprint density at radius 3 is 1.60 bits per heavy atom. The van der Waals surface area contributed by atoms with Crippen molar-refractivity contribution in [2.75, 3.05) is 0 Å². The predicted octanol–water partition coefficient (Wildman–Crippen LogP) is 0.807. The Morgan fingerprint density at radius 2 is 1.33 bits per heavy atom. The number of carbonyl (C=O) groups is 3. The number of hydrogen-bond acceptors (Lipinski definition) is 3. The van der Waals surface area contributed by atoms with Crippen molar-refractivity contribution in [2.24, 2.45) is 5.41 Å². The maximum atomic E-state index is 10.7. The number of carboxylic acid groups (broad SMARTS) is 3. The molecule has 0 aromatic rings. The second kappa shape index (κ2) is 5.33. The lowest BCUT2D eigenvalue weighted by Gasteiger charge is -2.19. The largest absolute Gasteiger partial charge is 0.480 e. The Balaban J connectivity index is 4.90. The first-order valence-corrected chi connectivity index (χ1v) is 4.59. The monoisotopic (exact) mass is 218 g/mol. The molecule has 0 aromatic heterocycles. The van der Waals surface area contributed by atoms with Gasteiger partial charge in [0.25, 0.3) is 5.41 Å². The first kappa shape index (κ1) is 13.4. The fourth-order valence-electron chi connectivity index (χ4n) is 1.24. The SMILES string of the molecule is CCCCCC(C(=O)O)(C(=O)O)C(=O)O. The third kappa shape index (κ3) is 2.68. The molecule has 0 unspecified atom stereocenters. The third-order valence-corrected chi connectivity index (χ3v) is 2.25. The summed E-state index contributed by atoms with van der Waals surface area (Å²) in [5.74, 6) is -5.46. The normalized spacial score (nSPS) is 11.0. The number of unbranched alkanes of at least 4 members (excludes halogenated alkanes) is 2. The zero-order valence-electron chi connectivity index (χ0n) is 8.39. The highest BCUT2D eigenvalue weighted by Crippen LogP contribution is 2.26. The Labute approximate surface area is 86.5 Å². The Bertz CT molecular complexity index is 234. The zero-order valence-corrected chi connectivity index (χ0v) is 8.39. The van der Waals surface area contributed by atoms with E-state index in [4.69, 9.17) is 15.3 Å². The smallest absolute Gasteiger partial charge is 0.332 e. The standard InChI is InChI=1S/C9H14O6/c1-2-3-4-5-9(6(10)11,7(12)13)8(14)15/h2-5H2,1H3,(H,10,11)(H,12,13)(H,14,15). The molecule has 0 bridgehead atoms. The van der Waals surface area contributed by atoms with Gasteiger partial charge in [-0.1, -0.05) is 26.2 Å². The molecule has 0 aliphatic carbocycles. The van der Waals surface area contributed by atoms with E-state index < -0.39 is 23.3 Å². The summed E-state index contributed by atoms with van der Waals surface area (Å²) in [4.78, 5) is 32.2. The predicted molar refractivity (Wildman–Crippen MR) is 49.5 cm³/mol. The van der Waals surface area contributed by atoms with Gasteiger partial charge in [0.1, 0.15) is 0 Å². The van der Waals surface area contributed by atoms with Gasteiger partial charge in [-0.25, -0.2) is 0 Å². The van der Waals surface area contributed by atoms with Crippen molar-refractivity contribution in [2.45, 2.75) is 32.6 Å². The fraction of sp³-hybridized carbons (Fsp3) is 0.667. The Morgan fingerprint density at radius 1 is 0.933 bits per heavy atom. The summed E-state index contributed by atoms with van der Waals surface area (Å²) in [5, 5.41) is 26.1. The van der Waals surface area contributed by atoms with E-state index in [-0.39, 0.29) is 12.8 Å². The summed E-state index contributed by atoms with van der Waals surface area (Å²) >= 11 is 0. The number of rotatable bonds is 7.